The van der Waals surface area contributed by atoms with Crippen LogP contribution in [0.2, 0.25) is 5.02 Å². The van der Waals surface area contributed by atoms with Crippen molar-refractivity contribution < 1.29 is 23.1 Å². The van der Waals surface area contributed by atoms with Gasteiger partial charge in [0.15, 0.2) is 11.5 Å². The number of nitrogens with zero attached hydrogens (tertiary/aromatic N) is 1. The van der Waals surface area contributed by atoms with Crippen LogP contribution in [0.1, 0.15) is 11.5 Å². The van der Waals surface area contributed by atoms with Crippen molar-refractivity contribution in [3.05, 3.63) is 58.7 Å². The molecular weight excluding hydrogens is 375 g/mol. The van der Waals surface area contributed by atoms with Crippen LogP contribution in [0.4, 0.5) is 10.1 Å². The number of anilines is 1. The van der Waals surface area contributed by atoms with Gasteiger partial charge in [-0.15, -0.1) is 0 Å². The first-order chi connectivity index (χ1) is 13.0. The molecule has 0 fully saturated rings. The number of carbonyl (C=O) groups excluding carboxylic acids is 1. The second-order valence-electron chi connectivity index (χ2n) is 5.94. The summed E-state index contributed by atoms with van der Waals surface area (Å²) in [5.74, 6) is 1.35. The Balaban J connectivity index is 1.49. The summed E-state index contributed by atoms with van der Waals surface area (Å²) in [4.78, 5) is 16.7. The van der Waals surface area contributed by atoms with E-state index in [1.807, 2.05) is 6.07 Å². The molecule has 1 aliphatic heterocycles. The molecule has 0 radical (unpaired) electrons. The average molecular weight is 389 g/mol. The molecule has 6 nitrogen and oxygen atoms in total. The maximum absolute atomic E-state index is 13.2. The molecule has 1 aromatic heterocycles. The van der Waals surface area contributed by atoms with Crippen molar-refractivity contribution >= 4 is 23.2 Å². The molecule has 1 aliphatic rings. The highest BCUT2D eigenvalue weighted by molar-refractivity contribution is 6.31. The predicted molar refractivity (Wildman–Crippen MR) is 96.5 cm³/mol. The van der Waals surface area contributed by atoms with Gasteiger partial charge in [-0.2, -0.15) is 0 Å². The second-order valence-corrected chi connectivity index (χ2v) is 6.35. The van der Waals surface area contributed by atoms with Crippen molar-refractivity contribution in [1.82, 2.24) is 4.98 Å². The van der Waals surface area contributed by atoms with Crippen LogP contribution < -0.4 is 14.8 Å². The van der Waals surface area contributed by atoms with Crippen LogP contribution in [0.3, 0.4) is 0 Å². The molecule has 0 atom stereocenters. The smallest absolute Gasteiger partial charge is 0.231 e. The molecule has 0 saturated carbocycles. The maximum atomic E-state index is 13.2. The number of aryl methyl sites for hydroxylation is 1. The van der Waals surface area contributed by atoms with E-state index in [0.717, 1.165) is 5.56 Å². The van der Waals surface area contributed by atoms with Gasteiger partial charge in [-0.1, -0.05) is 11.6 Å². The topological polar surface area (TPSA) is 73.6 Å². The fraction of sp³-hybridized carbons (Fsp3) is 0.158. The lowest BCUT2D eigenvalue weighted by molar-refractivity contribution is -0.115. The summed E-state index contributed by atoms with van der Waals surface area (Å²) >= 11 is 5.72. The summed E-state index contributed by atoms with van der Waals surface area (Å²) in [7, 11) is 0. The maximum Gasteiger partial charge on any atom is 0.231 e. The zero-order chi connectivity index (χ0) is 19.0. The molecular formula is C19H14ClFN2O4. The van der Waals surface area contributed by atoms with Gasteiger partial charge in [0.25, 0.3) is 0 Å². The van der Waals surface area contributed by atoms with Crippen LogP contribution in [0, 0.1) is 12.7 Å². The van der Waals surface area contributed by atoms with Crippen molar-refractivity contribution in [3.8, 4) is 23.0 Å². The van der Waals surface area contributed by atoms with Crippen molar-refractivity contribution in [3.63, 3.8) is 0 Å². The molecule has 8 heteroatoms. The van der Waals surface area contributed by atoms with Gasteiger partial charge in [-0.05, 0) is 43.3 Å². The Morgan fingerprint density at radius 2 is 2.04 bits per heavy atom. The molecule has 0 saturated heterocycles. The van der Waals surface area contributed by atoms with Crippen LogP contribution in [0.5, 0.6) is 11.5 Å². The zero-order valence-electron chi connectivity index (χ0n) is 14.2. The second kappa shape index (κ2) is 6.92. The van der Waals surface area contributed by atoms with Gasteiger partial charge in [-0.3, -0.25) is 4.79 Å². The van der Waals surface area contributed by atoms with Gasteiger partial charge < -0.3 is 19.2 Å². The molecule has 1 N–H and O–H groups in total. The van der Waals surface area contributed by atoms with Crippen LogP contribution in [0.15, 0.2) is 40.8 Å². The molecule has 0 unspecified atom stereocenters. The number of oxazole rings is 1. The lowest BCUT2D eigenvalue weighted by atomic mass is 10.2. The Morgan fingerprint density at radius 3 is 2.85 bits per heavy atom. The molecule has 0 spiro atoms. The Kier molecular flexibility index (Phi) is 4.45. The number of hydrogen-bond donors (Lipinski definition) is 1. The molecule has 27 heavy (non-hydrogen) atoms. The van der Waals surface area contributed by atoms with Gasteiger partial charge in [0.1, 0.15) is 11.6 Å². The van der Waals surface area contributed by atoms with E-state index >= 15 is 0 Å². The first-order valence-corrected chi connectivity index (χ1v) is 8.48. The van der Waals surface area contributed by atoms with Crippen molar-refractivity contribution in [2.45, 2.75) is 13.3 Å². The number of rotatable bonds is 4. The van der Waals surface area contributed by atoms with E-state index in [4.69, 9.17) is 25.5 Å². The summed E-state index contributed by atoms with van der Waals surface area (Å²) in [6.45, 7) is 1.92. The van der Waals surface area contributed by atoms with Crippen molar-refractivity contribution in [2.75, 3.05) is 12.1 Å². The summed E-state index contributed by atoms with van der Waals surface area (Å²) in [5, 5.41) is 2.60. The normalized spacial score (nSPS) is 12.3. The number of nitrogens with one attached hydrogen (secondary N) is 1. The standard InChI is InChI=1S/C19H14ClFN2O4/c1-10-15(8-18(24)22-12-3-4-14(21)13(20)7-12)23-19(27-10)11-2-5-16-17(6-11)26-9-25-16/h2-7H,8-9H2,1H3,(H,22,24). The minimum absolute atomic E-state index is 0.00881. The molecule has 2 aromatic carbocycles. The first-order valence-electron chi connectivity index (χ1n) is 8.11. The molecule has 0 aliphatic carbocycles. The third-order valence-corrected chi connectivity index (χ3v) is 4.33. The largest absolute Gasteiger partial charge is 0.454 e. The minimum atomic E-state index is -0.546. The third-order valence-electron chi connectivity index (χ3n) is 4.04. The summed E-state index contributed by atoms with van der Waals surface area (Å²) in [6.07, 6.45) is 0.00881. The Hall–Kier alpha value is -3.06. The van der Waals surface area contributed by atoms with Gasteiger partial charge in [0.05, 0.1) is 17.1 Å². The molecule has 2 heterocycles. The SMILES string of the molecule is Cc1oc(-c2ccc3c(c2)OCO3)nc1CC(=O)Nc1ccc(F)c(Cl)c1. The summed E-state index contributed by atoms with van der Waals surface area (Å²) in [6, 6.07) is 9.34. The van der Waals surface area contributed by atoms with Crippen LogP contribution in [0.25, 0.3) is 11.5 Å². The fourth-order valence-electron chi connectivity index (χ4n) is 2.68. The number of amides is 1. The Bertz CT molecular complexity index is 1030. The highest BCUT2D eigenvalue weighted by Crippen LogP contribution is 2.36. The van der Waals surface area contributed by atoms with Crippen LogP contribution in [-0.4, -0.2) is 17.7 Å². The monoisotopic (exact) mass is 388 g/mol. The van der Waals surface area contributed by atoms with E-state index in [1.165, 1.54) is 18.2 Å². The molecule has 1 amide bonds. The molecule has 3 aromatic rings. The summed E-state index contributed by atoms with van der Waals surface area (Å²) in [5.41, 5.74) is 1.64. The highest BCUT2D eigenvalue weighted by atomic mass is 35.5. The zero-order valence-corrected chi connectivity index (χ0v) is 15.0. The number of halogens is 2. The van der Waals surface area contributed by atoms with E-state index in [-0.39, 0.29) is 24.1 Å². The van der Waals surface area contributed by atoms with Crippen molar-refractivity contribution in [2.24, 2.45) is 0 Å². The van der Waals surface area contributed by atoms with E-state index in [1.54, 1.807) is 19.1 Å². The number of ether oxygens (including phenoxy) is 2. The van der Waals surface area contributed by atoms with Crippen molar-refractivity contribution in [1.29, 1.82) is 0 Å². The van der Waals surface area contributed by atoms with E-state index in [2.05, 4.69) is 10.3 Å². The van der Waals surface area contributed by atoms with Gasteiger partial charge in [0, 0.05) is 11.3 Å². The summed E-state index contributed by atoms with van der Waals surface area (Å²) < 4.78 is 29.5. The molecule has 4 rings (SSSR count). The number of carbonyl (C=O) groups is 1. The highest BCUT2D eigenvalue weighted by Gasteiger charge is 2.19. The van der Waals surface area contributed by atoms with Crippen LogP contribution in [-0.2, 0) is 11.2 Å². The molecule has 138 valence electrons. The van der Waals surface area contributed by atoms with Gasteiger partial charge >= 0.3 is 0 Å². The average Bonchev–Trinajstić information content (AvgIpc) is 3.24. The molecule has 0 bridgehead atoms. The van der Waals surface area contributed by atoms with E-state index in [0.29, 0.717) is 34.5 Å². The fourth-order valence-corrected chi connectivity index (χ4v) is 2.86. The third kappa shape index (κ3) is 3.59. The Labute approximate surface area is 158 Å². The lowest BCUT2D eigenvalue weighted by Crippen LogP contribution is -2.15. The van der Waals surface area contributed by atoms with Gasteiger partial charge in [0.2, 0.25) is 18.6 Å². The van der Waals surface area contributed by atoms with E-state index < -0.39 is 5.82 Å². The first kappa shape index (κ1) is 17.4. The minimum Gasteiger partial charge on any atom is -0.454 e. The lowest BCUT2D eigenvalue weighted by Gasteiger charge is -2.05. The number of benzene rings is 2. The number of aromatic nitrogens is 1. The van der Waals surface area contributed by atoms with Crippen LogP contribution >= 0.6 is 11.6 Å². The Morgan fingerprint density at radius 1 is 1.22 bits per heavy atom. The predicted octanol–water partition coefficient (Wildman–Crippen LogP) is 4.35. The number of fused-ring (bicyclic) bond motifs is 1. The number of hydrogen-bond acceptors (Lipinski definition) is 5. The van der Waals surface area contributed by atoms with Gasteiger partial charge in [-0.25, -0.2) is 9.37 Å². The van der Waals surface area contributed by atoms with E-state index in [9.17, 15) is 9.18 Å². The quantitative estimate of drug-likeness (QED) is 0.719.